The molecule has 0 radical (unpaired) electrons. The molecular formula is C60H40N2O2. The molecule has 0 unspecified atom stereocenters. The number of fused-ring (bicyclic) bond motifs is 6. The molecule has 0 saturated heterocycles. The minimum atomic E-state index is 0.867. The highest BCUT2D eigenvalue weighted by molar-refractivity contribution is 6.14. The first-order valence-corrected chi connectivity index (χ1v) is 21.7. The van der Waals surface area contributed by atoms with Gasteiger partial charge in [-0.15, -0.1) is 0 Å². The molecule has 0 aliphatic carbocycles. The molecule has 0 aliphatic heterocycles. The minimum Gasteiger partial charge on any atom is -0.456 e. The van der Waals surface area contributed by atoms with Crippen LogP contribution in [-0.2, 0) is 0 Å². The van der Waals surface area contributed by atoms with E-state index >= 15 is 0 Å². The molecule has 10 aromatic carbocycles. The van der Waals surface area contributed by atoms with Gasteiger partial charge in [-0.3, -0.25) is 0 Å². The summed E-state index contributed by atoms with van der Waals surface area (Å²) in [7, 11) is 0. The highest BCUT2D eigenvalue weighted by atomic mass is 16.3. The summed E-state index contributed by atoms with van der Waals surface area (Å²) in [5.41, 5.74) is 16.8. The highest BCUT2D eigenvalue weighted by Crippen LogP contribution is 2.45. The SMILES string of the molecule is c1ccc(-c2cc(-c3ccc(N(c4ccccc4)c4cccc5oc6ccccc6c45)cc3)cc(-c3ccc(N(c4ccccc4)c4cccc5oc6ccccc6c45)cc3)c2)cc1. The predicted molar refractivity (Wildman–Crippen MR) is 267 cm³/mol. The zero-order chi connectivity index (χ0) is 42.4. The van der Waals surface area contributed by atoms with Gasteiger partial charge in [0.25, 0.3) is 0 Å². The van der Waals surface area contributed by atoms with E-state index in [0.29, 0.717) is 0 Å². The first kappa shape index (κ1) is 37.2. The fourth-order valence-electron chi connectivity index (χ4n) is 9.26. The molecule has 0 aliphatic rings. The normalized spacial score (nSPS) is 11.4. The van der Waals surface area contributed by atoms with E-state index in [4.69, 9.17) is 8.83 Å². The molecule has 302 valence electrons. The summed E-state index contributed by atoms with van der Waals surface area (Å²) in [4.78, 5) is 4.66. The molecule has 4 heteroatoms. The molecule has 0 saturated carbocycles. The highest BCUT2D eigenvalue weighted by Gasteiger charge is 2.21. The topological polar surface area (TPSA) is 32.8 Å². The average molecular weight is 821 g/mol. The van der Waals surface area contributed by atoms with Crippen molar-refractivity contribution in [1.29, 1.82) is 0 Å². The lowest BCUT2D eigenvalue weighted by molar-refractivity contribution is 0.668. The molecule has 0 fully saturated rings. The molecule has 4 nitrogen and oxygen atoms in total. The van der Waals surface area contributed by atoms with Gasteiger partial charge in [0, 0.05) is 33.5 Å². The molecule has 0 N–H and O–H groups in total. The van der Waals surface area contributed by atoms with Crippen LogP contribution < -0.4 is 9.80 Å². The largest absolute Gasteiger partial charge is 0.456 e. The van der Waals surface area contributed by atoms with Crippen LogP contribution in [0.15, 0.2) is 251 Å². The fourth-order valence-corrected chi connectivity index (χ4v) is 9.26. The van der Waals surface area contributed by atoms with Crippen LogP contribution in [0.2, 0.25) is 0 Å². The molecular weight excluding hydrogens is 781 g/mol. The zero-order valence-corrected chi connectivity index (χ0v) is 34.8. The van der Waals surface area contributed by atoms with Crippen molar-refractivity contribution in [3.8, 4) is 33.4 Å². The van der Waals surface area contributed by atoms with Crippen molar-refractivity contribution in [3.05, 3.63) is 243 Å². The van der Waals surface area contributed by atoms with E-state index in [9.17, 15) is 0 Å². The summed E-state index contributed by atoms with van der Waals surface area (Å²) in [5, 5.41) is 4.38. The van der Waals surface area contributed by atoms with Crippen LogP contribution >= 0.6 is 0 Å². The van der Waals surface area contributed by atoms with Gasteiger partial charge in [-0.05, 0) is 137 Å². The van der Waals surface area contributed by atoms with Gasteiger partial charge in [-0.1, -0.05) is 140 Å². The summed E-state index contributed by atoms with van der Waals surface area (Å²) < 4.78 is 12.7. The van der Waals surface area contributed by atoms with Gasteiger partial charge < -0.3 is 18.6 Å². The van der Waals surface area contributed by atoms with Crippen molar-refractivity contribution in [2.24, 2.45) is 0 Å². The van der Waals surface area contributed by atoms with E-state index in [1.807, 2.05) is 24.3 Å². The Morgan fingerprint density at radius 2 is 0.562 bits per heavy atom. The Morgan fingerprint density at radius 3 is 0.984 bits per heavy atom. The summed E-state index contributed by atoms with van der Waals surface area (Å²) in [5.74, 6) is 0. The monoisotopic (exact) mass is 820 g/mol. The van der Waals surface area contributed by atoms with Crippen LogP contribution in [0.1, 0.15) is 0 Å². The van der Waals surface area contributed by atoms with Crippen LogP contribution in [-0.4, -0.2) is 0 Å². The second-order valence-electron chi connectivity index (χ2n) is 16.1. The quantitative estimate of drug-likeness (QED) is 0.145. The van der Waals surface area contributed by atoms with E-state index < -0.39 is 0 Å². The van der Waals surface area contributed by atoms with Crippen LogP contribution in [0, 0.1) is 0 Å². The minimum absolute atomic E-state index is 0.867. The van der Waals surface area contributed by atoms with Gasteiger partial charge in [0.2, 0.25) is 0 Å². The number of hydrogen-bond acceptors (Lipinski definition) is 4. The third-order valence-corrected chi connectivity index (χ3v) is 12.2. The third kappa shape index (κ3) is 6.57. The second kappa shape index (κ2) is 15.7. The molecule has 0 atom stereocenters. The van der Waals surface area contributed by atoms with E-state index in [2.05, 4.69) is 228 Å². The number of benzene rings is 10. The molecule has 0 amide bonds. The van der Waals surface area contributed by atoms with Crippen molar-refractivity contribution in [1.82, 2.24) is 0 Å². The summed E-state index contributed by atoms with van der Waals surface area (Å²) >= 11 is 0. The van der Waals surface area contributed by atoms with Crippen molar-refractivity contribution in [2.45, 2.75) is 0 Å². The van der Waals surface area contributed by atoms with Gasteiger partial charge in [0.1, 0.15) is 22.3 Å². The molecule has 2 heterocycles. The van der Waals surface area contributed by atoms with Crippen LogP contribution in [0.3, 0.4) is 0 Å². The Bertz CT molecular complexity index is 3380. The lowest BCUT2D eigenvalue weighted by atomic mass is 9.93. The van der Waals surface area contributed by atoms with Crippen molar-refractivity contribution >= 4 is 78.0 Å². The van der Waals surface area contributed by atoms with E-state index in [1.165, 1.54) is 5.56 Å². The number of hydrogen-bond donors (Lipinski definition) is 0. The number of anilines is 6. The van der Waals surface area contributed by atoms with Gasteiger partial charge in [0.05, 0.1) is 22.1 Å². The third-order valence-electron chi connectivity index (χ3n) is 12.2. The van der Waals surface area contributed by atoms with Crippen LogP contribution in [0.5, 0.6) is 0 Å². The van der Waals surface area contributed by atoms with Crippen LogP contribution in [0.25, 0.3) is 77.3 Å². The van der Waals surface area contributed by atoms with E-state index in [1.54, 1.807) is 0 Å². The predicted octanol–water partition coefficient (Wildman–Crippen LogP) is 17.4. The van der Waals surface area contributed by atoms with Crippen molar-refractivity contribution < 1.29 is 8.83 Å². The molecule has 0 bridgehead atoms. The first-order valence-electron chi connectivity index (χ1n) is 21.7. The molecule has 2 aromatic heterocycles. The average Bonchev–Trinajstić information content (AvgIpc) is 3.95. The van der Waals surface area contributed by atoms with Crippen molar-refractivity contribution in [3.63, 3.8) is 0 Å². The number of furan rings is 2. The molecule has 0 spiro atoms. The Balaban J connectivity index is 0.950. The first-order chi connectivity index (χ1) is 31.7. The molecule has 12 aromatic rings. The Labute approximate surface area is 371 Å². The smallest absolute Gasteiger partial charge is 0.137 e. The summed E-state index contributed by atoms with van der Waals surface area (Å²) in [6, 6.07) is 85.8. The van der Waals surface area contributed by atoms with E-state index in [0.717, 1.165) is 106 Å². The molecule has 64 heavy (non-hydrogen) atoms. The van der Waals surface area contributed by atoms with Crippen molar-refractivity contribution in [2.75, 3.05) is 9.80 Å². The maximum atomic E-state index is 6.34. The Morgan fingerprint density at radius 1 is 0.234 bits per heavy atom. The fraction of sp³-hybridized carbons (Fsp3) is 0. The number of rotatable bonds is 9. The second-order valence-corrected chi connectivity index (χ2v) is 16.1. The zero-order valence-electron chi connectivity index (χ0n) is 34.8. The standard InChI is InChI=1S/C60H40N2O2/c1-4-16-41(17-5-1)44-38-45(42-30-34-49(35-31-42)61(47-18-6-2-7-19-47)53-24-14-28-57-59(53)51-22-10-12-26-55(51)63-57)40-46(39-44)43-32-36-50(37-33-43)62(48-20-8-3-9-21-48)54-25-15-29-58-60(54)52-23-11-13-27-56(52)64-58/h1-40H. The molecule has 12 rings (SSSR count). The lowest BCUT2D eigenvalue weighted by Crippen LogP contribution is -2.10. The lowest BCUT2D eigenvalue weighted by Gasteiger charge is -2.26. The van der Waals surface area contributed by atoms with Gasteiger partial charge in [-0.25, -0.2) is 0 Å². The van der Waals surface area contributed by atoms with Gasteiger partial charge in [0.15, 0.2) is 0 Å². The summed E-state index contributed by atoms with van der Waals surface area (Å²) in [6.45, 7) is 0. The Hall–Kier alpha value is -8.60. The maximum Gasteiger partial charge on any atom is 0.137 e. The number of para-hydroxylation sites is 4. The van der Waals surface area contributed by atoms with Gasteiger partial charge >= 0.3 is 0 Å². The Kier molecular flexibility index (Phi) is 9.12. The van der Waals surface area contributed by atoms with Gasteiger partial charge in [-0.2, -0.15) is 0 Å². The maximum absolute atomic E-state index is 6.34. The van der Waals surface area contributed by atoms with E-state index in [-0.39, 0.29) is 0 Å². The number of nitrogens with zero attached hydrogens (tertiary/aromatic N) is 2. The van der Waals surface area contributed by atoms with Crippen LogP contribution in [0.4, 0.5) is 34.1 Å². The summed E-state index contributed by atoms with van der Waals surface area (Å²) in [6.07, 6.45) is 0.